The van der Waals surface area contributed by atoms with Gasteiger partial charge < -0.3 is 10.8 Å². The van der Waals surface area contributed by atoms with E-state index in [1.54, 1.807) is 0 Å². The molecule has 0 aromatic heterocycles. The number of rotatable bonds is 1. The second kappa shape index (κ2) is 3.49. The van der Waals surface area contributed by atoms with E-state index in [1.807, 2.05) is 22.6 Å². The number of carboxylic acid groups (broad SMARTS) is 1. The second-order valence-electron chi connectivity index (χ2n) is 2.16. The van der Waals surface area contributed by atoms with Crippen LogP contribution in [-0.2, 0) is 0 Å². The summed E-state index contributed by atoms with van der Waals surface area (Å²) in [5.74, 6) is -1.00. The maximum absolute atomic E-state index is 10.5. The summed E-state index contributed by atoms with van der Waals surface area (Å²) in [4.78, 5) is 10.5. The van der Waals surface area contributed by atoms with Gasteiger partial charge in [0.2, 0.25) is 0 Å². The molecule has 0 saturated heterocycles. The largest absolute Gasteiger partial charge is 0.478 e. The average molecular weight is 297 g/mol. The van der Waals surface area contributed by atoms with E-state index in [2.05, 4.69) is 0 Å². The molecule has 0 saturated carbocycles. The van der Waals surface area contributed by atoms with Crippen molar-refractivity contribution in [1.29, 1.82) is 0 Å². The zero-order valence-corrected chi connectivity index (χ0v) is 8.76. The van der Waals surface area contributed by atoms with Crippen molar-refractivity contribution in [3.63, 3.8) is 0 Å². The molecule has 1 rings (SSSR count). The first-order valence-electron chi connectivity index (χ1n) is 3.00. The molecule has 12 heavy (non-hydrogen) atoms. The Labute approximate surface area is 87.7 Å². The Hall–Kier alpha value is -0.490. The predicted octanol–water partition coefficient (Wildman–Crippen LogP) is 2.22. The molecule has 0 radical (unpaired) electrons. The van der Waals surface area contributed by atoms with E-state index in [0.29, 0.717) is 9.26 Å². The minimum Gasteiger partial charge on any atom is -0.478 e. The molecule has 3 nitrogen and oxygen atoms in total. The van der Waals surface area contributed by atoms with Gasteiger partial charge in [0.05, 0.1) is 16.3 Å². The Morgan fingerprint density at radius 2 is 2.17 bits per heavy atom. The summed E-state index contributed by atoms with van der Waals surface area (Å²) >= 11 is 7.61. The minimum absolute atomic E-state index is 0.151. The molecular formula is C7H5ClINO2. The summed E-state index contributed by atoms with van der Waals surface area (Å²) < 4.78 is 0.650. The first-order valence-corrected chi connectivity index (χ1v) is 4.46. The highest BCUT2D eigenvalue weighted by atomic mass is 127. The van der Waals surface area contributed by atoms with E-state index in [4.69, 9.17) is 22.4 Å². The van der Waals surface area contributed by atoms with E-state index >= 15 is 0 Å². The summed E-state index contributed by atoms with van der Waals surface area (Å²) in [6, 6.07) is 2.81. The fraction of sp³-hybridized carbons (Fsp3) is 0. The van der Waals surface area contributed by atoms with E-state index in [1.165, 1.54) is 12.1 Å². The van der Waals surface area contributed by atoms with Crippen molar-refractivity contribution in [2.24, 2.45) is 0 Å². The molecule has 3 N–H and O–H groups in total. The minimum atomic E-state index is -1.00. The number of aromatic carboxylic acids is 1. The van der Waals surface area contributed by atoms with Gasteiger partial charge in [-0.05, 0) is 34.7 Å². The maximum atomic E-state index is 10.5. The highest BCUT2D eigenvalue weighted by Gasteiger charge is 2.08. The van der Waals surface area contributed by atoms with Crippen LogP contribution in [0.4, 0.5) is 5.69 Å². The first-order chi connectivity index (χ1) is 5.52. The van der Waals surface area contributed by atoms with Crippen molar-refractivity contribution in [2.75, 3.05) is 5.73 Å². The first kappa shape index (κ1) is 9.60. The van der Waals surface area contributed by atoms with Gasteiger partial charge in [0, 0.05) is 3.57 Å². The lowest BCUT2D eigenvalue weighted by atomic mass is 10.2. The second-order valence-corrected chi connectivity index (χ2v) is 3.73. The molecule has 0 amide bonds. The molecule has 0 aliphatic heterocycles. The summed E-state index contributed by atoms with van der Waals surface area (Å²) in [6.45, 7) is 0. The van der Waals surface area contributed by atoms with Crippen molar-refractivity contribution < 1.29 is 9.90 Å². The molecule has 64 valence electrons. The molecule has 1 aromatic carbocycles. The molecular weight excluding hydrogens is 292 g/mol. The summed E-state index contributed by atoms with van der Waals surface area (Å²) in [5.41, 5.74) is 6.09. The number of carbonyl (C=O) groups is 1. The van der Waals surface area contributed by atoms with Gasteiger partial charge in [-0.3, -0.25) is 0 Å². The van der Waals surface area contributed by atoms with Crippen LogP contribution in [-0.4, -0.2) is 11.1 Å². The lowest BCUT2D eigenvalue weighted by Gasteiger charge is -2.02. The molecule has 1 aromatic rings. The van der Waals surface area contributed by atoms with Crippen LogP contribution in [0.25, 0.3) is 0 Å². The number of anilines is 1. The Morgan fingerprint density at radius 1 is 1.58 bits per heavy atom. The van der Waals surface area contributed by atoms with Crippen LogP contribution < -0.4 is 5.73 Å². The van der Waals surface area contributed by atoms with Crippen LogP contribution in [0.5, 0.6) is 0 Å². The number of nitrogens with two attached hydrogens (primary N) is 1. The lowest BCUT2D eigenvalue weighted by Crippen LogP contribution is -1.99. The molecule has 0 bridgehead atoms. The van der Waals surface area contributed by atoms with Gasteiger partial charge in [0.1, 0.15) is 0 Å². The van der Waals surface area contributed by atoms with Gasteiger partial charge in [-0.1, -0.05) is 11.6 Å². The third-order valence-electron chi connectivity index (χ3n) is 1.33. The SMILES string of the molecule is Nc1c(Cl)cc(C(=O)O)cc1I. The zero-order chi connectivity index (χ0) is 9.30. The van der Waals surface area contributed by atoms with Crippen molar-refractivity contribution in [3.05, 3.63) is 26.3 Å². The molecule has 0 unspecified atom stereocenters. The number of nitrogen functional groups attached to an aromatic ring is 1. The molecule has 5 heteroatoms. The van der Waals surface area contributed by atoms with Crippen LogP contribution in [0.1, 0.15) is 10.4 Å². The van der Waals surface area contributed by atoms with Crippen molar-refractivity contribution >= 4 is 45.8 Å². The molecule has 0 aliphatic rings. The standard InChI is InChI=1S/C7H5ClINO2/c8-4-1-3(7(11)12)2-5(9)6(4)10/h1-2H,10H2,(H,11,12). The summed E-state index contributed by atoms with van der Waals surface area (Å²) in [7, 11) is 0. The smallest absolute Gasteiger partial charge is 0.335 e. The molecule has 0 aliphatic carbocycles. The van der Waals surface area contributed by atoms with Gasteiger partial charge >= 0.3 is 5.97 Å². The van der Waals surface area contributed by atoms with Gasteiger partial charge in [-0.15, -0.1) is 0 Å². The molecule has 0 spiro atoms. The van der Waals surface area contributed by atoms with Crippen molar-refractivity contribution in [2.45, 2.75) is 0 Å². The zero-order valence-electron chi connectivity index (χ0n) is 5.84. The van der Waals surface area contributed by atoms with E-state index in [9.17, 15) is 4.79 Å². The lowest BCUT2D eigenvalue weighted by molar-refractivity contribution is 0.0697. The fourth-order valence-electron chi connectivity index (χ4n) is 0.708. The number of hydrogen-bond acceptors (Lipinski definition) is 2. The van der Waals surface area contributed by atoms with E-state index in [-0.39, 0.29) is 10.6 Å². The van der Waals surface area contributed by atoms with E-state index in [0.717, 1.165) is 0 Å². The Bertz CT molecular complexity index is 317. The quantitative estimate of drug-likeness (QED) is 0.617. The van der Waals surface area contributed by atoms with Gasteiger partial charge in [0.25, 0.3) is 0 Å². The van der Waals surface area contributed by atoms with Crippen LogP contribution in [0.3, 0.4) is 0 Å². The Morgan fingerprint density at radius 3 is 2.58 bits per heavy atom. The van der Waals surface area contributed by atoms with Crippen molar-refractivity contribution in [3.8, 4) is 0 Å². The van der Waals surface area contributed by atoms with Crippen LogP contribution >= 0.6 is 34.2 Å². The van der Waals surface area contributed by atoms with Crippen molar-refractivity contribution in [1.82, 2.24) is 0 Å². The molecule has 0 heterocycles. The third kappa shape index (κ3) is 1.81. The Kier molecular flexibility index (Phi) is 2.79. The monoisotopic (exact) mass is 297 g/mol. The topological polar surface area (TPSA) is 63.3 Å². The number of halogens is 2. The highest BCUT2D eigenvalue weighted by molar-refractivity contribution is 14.1. The predicted molar refractivity (Wildman–Crippen MR) is 55.5 cm³/mol. The molecule has 0 atom stereocenters. The number of benzene rings is 1. The Balaban J connectivity index is 3.31. The summed E-state index contributed by atoms with van der Waals surface area (Å²) in [5, 5.41) is 8.90. The third-order valence-corrected chi connectivity index (χ3v) is 2.53. The number of carboxylic acids is 1. The van der Waals surface area contributed by atoms with Gasteiger partial charge in [-0.2, -0.15) is 0 Å². The van der Waals surface area contributed by atoms with Gasteiger partial charge in [0.15, 0.2) is 0 Å². The highest BCUT2D eigenvalue weighted by Crippen LogP contribution is 2.25. The van der Waals surface area contributed by atoms with Gasteiger partial charge in [-0.25, -0.2) is 4.79 Å². The normalized spacial score (nSPS) is 9.83. The van der Waals surface area contributed by atoms with E-state index < -0.39 is 5.97 Å². The number of hydrogen-bond donors (Lipinski definition) is 2. The molecule has 0 fully saturated rings. The maximum Gasteiger partial charge on any atom is 0.335 e. The average Bonchev–Trinajstić information content (AvgIpc) is 1.99. The summed E-state index contributed by atoms with van der Waals surface area (Å²) in [6.07, 6.45) is 0. The van der Waals surface area contributed by atoms with Crippen LogP contribution in [0.2, 0.25) is 5.02 Å². The van der Waals surface area contributed by atoms with Crippen LogP contribution in [0.15, 0.2) is 12.1 Å². The fourth-order valence-corrected chi connectivity index (χ4v) is 1.71. The van der Waals surface area contributed by atoms with Crippen LogP contribution in [0, 0.1) is 3.57 Å².